The first kappa shape index (κ1) is 10.8. The second kappa shape index (κ2) is 5.44. The Balaban J connectivity index is 2.58. The molecule has 0 saturated carbocycles. The van der Waals surface area contributed by atoms with Gasteiger partial charge >= 0.3 is 0 Å². The minimum absolute atomic E-state index is 0.0849. The summed E-state index contributed by atoms with van der Waals surface area (Å²) in [5.74, 6) is 0.373. The number of thioether (sulfide) groups is 1. The number of carbonyl (C=O) groups is 2. The zero-order valence-corrected chi connectivity index (χ0v) is 8.64. The van der Waals surface area contributed by atoms with E-state index < -0.39 is 0 Å². The molecule has 0 atom stereocenters. The molecule has 0 aliphatic rings. The number of amides is 1. The molecule has 0 aromatic heterocycles. The van der Waals surface area contributed by atoms with Gasteiger partial charge in [-0.2, -0.15) is 0 Å². The Kier molecular flexibility index (Phi) is 4.19. The fraction of sp³-hybridized carbons (Fsp3) is 0.200. The number of rotatable bonds is 4. The van der Waals surface area contributed by atoms with Gasteiger partial charge in [0.25, 0.3) is 0 Å². The van der Waals surface area contributed by atoms with Gasteiger partial charge in [-0.05, 0) is 24.3 Å². The smallest absolute Gasteiger partial charge is 0.221 e. The molecule has 0 bridgehead atoms. The average molecular weight is 209 g/mol. The Morgan fingerprint density at radius 3 is 2.57 bits per heavy atom. The normalized spacial score (nSPS) is 9.50. The van der Waals surface area contributed by atoms with Crippen LogP contribution in [0.4, 0.5) is 5.69 Å². The van der Waals surface area contributed by atoms with Crippen LogP contribution < -0.4 is 5.32 Å². The maximum absolute atomic E-state index is 10.7. The lowest BCUT2D eigenvalue weighted by Gasteiger charge is -2.02. The Bertz CT molecular complexity index is 321. The third kappa shape index (κ3) is 3.62. The van der Waals surface area contributed by atoms with E-state index in [1.54, 1.807) is 0 Å². The molecule has 0 fully saturated rings. The van der Waals surface area contributed by atoms with Crippen LogP contribution >= 0.6 is 11.8 Å². The van der Waals surface area contributed by atoms with Crippen LogP contribution in [0, 0.1) is 0 Å². The van der Waals surface area contributed by atoms with Crippen LogP contribution in [0.15, 0.2) is 29.2 Å². The standard InChI is InChI=1S/C10H11NO2S/c1-8(13)11-9-2-4-10(5-3-9)14-7-6-12/h2-6H,7H2,1H3,(H,11,13). The van der Waals surface area contributed by atoms with Crippen molar-refractivity contribution in [3.8, 4) is 0 Å². The third-order valence-corrected chi connectivity index (χ3v) is 2.40. The molecule has 1 aromatic carbocycles. The van der Waals surface area contributed by atoms with Gasteiger partial charge in [-0.3, -0.25) is 4.79 Å². The van der Waals surface area contributed by atoms with Crippen LogP contribution in [0.25, 0.3) is 0 Å². The third-order valence-electron chi connectivity index (χ3n) is 1.49. The molecular weight excluding hydrogens is 198 g/mol. The largest absolute Gasteiger partial charge is 0.326 e. The predicted octanol–water partition coefficient (Wildman–Crippen LogP) is 1.94. The van der Waals surface area contributed by atoms with Crippen molar-refractivity contribution in [3.05, 3.63) is 24.3 Å². The Morgan fingerprint density at radius 2 is 2.07 bits per heavy atom. The zero-order chi connectivity index (χ0) is 10.4. The second-order valence-corrected chi connectivity index (χ2v) is 3.78. The highest BCUT2D eigenvalue weighted by Gasteiger charge is 1.96. The van der Waals surface area contributed by atoms with Gasteiger partial charge in [0.15, 0.2) is 0 Å². The molecule has 1 rings (SSSR count). The summed E-state index contributed by atoms with van der Waals surface area (Å²) in [6, 6.07) is 7.38. The van der Waals surface area contributed by atoms with E-state index in [2.05, 4.69) is 5.32 Å². The molecule has 74 valence electrons. The number of hydrogen-bond donors (Lipinski definition) is 1. The molecule has 0 aliphatic carbocycles. The van der Waals surface area contributed by atoms with Crippen molar-refractivity contribution in [3.63, 3.8) is 0 Å². The molecule has 0 heterocycles. The van der Waals surface area contributed by atoms with E-state index in [1.807, 2.05) is 24.3 Å². The van der Waals surface area contributed by atoms with Crippen LogP contribution in [0.1, 0.15) is 6.92 Å². The topological polar surface area (TPSA) is 46.2 Å². The molecule has 14 heavy (non-hydrogen) atoms. The van der Waals surface area contributed by atoms with Gasteiger partial charge in [0.05, 0.1) is 5.75 Å². The minimum Gasteiger partial charge on any atom is -0.326 e. The Morgan fingerprint density at radius 1 is 1.43 bits per heavy atom. The van der Waals surface area contributed by atoms with Gasteiger partial charge in [0, 0.05) is 17.5 Å². The SMILES string of the molecule is CC(=O)Nc1ccc(SCC=O)cc1. The van der Waals surface area contributed by atoms with Crippen LogP contribution in [-0.4, -0.2) is 17.9 Å². The number of nitrogens with one attached hydrogen (secondary N) is 1. The molecule has 0 spiro atoms. The molecule has 1 amide bonds. The second-order valence-electron chi connectivity index (χ2n) is 2.68. The van der Waals surface area contributed by atoms with Gasteiger partial charge in [0.2, 0.25) is 5.91 Å². The molecular formula is C10H11NO2S. The highest BCUT2D eigenvalue weighted by atomic mass is 32.2. The van der Waals surface area contributed by atoms with Gasteiger partial charge in [-0.1, -0.05) is 0 Å². The monoisotopic (exact) mass is 209 g/mol. The number of benzene rings is 1. The summed E-state index contributed by atoms with van der Waals surface area (Å²) in [6.45, 7) is 1.47. The van der Waals surface area contributed by atoms with E-state index >= 15 is 0 Å². The number of anilines is 1. The van der Waals surface area contributed by atoms with Gasteiger partial charge in [0.1, 0.15) is 6.29 Å². The molecule has 1 N–H and O–H groups in total. The van der Waals surface area contributed by atoms with Crippen LogP contribution in [-0.2, 0) is 9.59 Å². The predicted molar refractivity (Wildman–Crippen MR) is 57.5 cm³/mol. The van der Waals surface area contributed by atoms with E-state index in [4.69, 9.17) is 0 Å². The van der Waals surface area contributed by atoms with E-state index in [9.17, 15) is 9.59 Å². The summed E-state index contributed by atoms with van der Waals surface area (Å²) < 4.78 is 0. The van der Waals surface area contributed by atoms with Crippen molar-refractivity contribution in [2.24, 2.45) is 0 Å². The number of aldehydes is 1. The molecule has 0 unspecified atom stereocenters. The van der Waals surface area contributed by atoms with Gasteiger partial charge in [-0.25, -0.2) is 0 Å². The first-order chi connectivity index (χ1) is 6.72. The fourth-order valence-corrected chi connectivity index (χ4v) is 1.56. The lowest BCUT2D eigenvalue weighted by Crippen LogP contribution is -2.05. The van der Waals surface area contributed by atoms with Crippen molar-refractivity contribution in [1.82, 2.24) is 0 Å². The van der Waals surface area contributed by atoms with Crippen molar-refractivity contribution >= 4 is 29.6 Å². The molecule has 0 saturated heterocycles. The quantitative estimate of drug-likeness (QED) is 0.609. The van der Waals surface area contributed by atoms with Crippen molar-refractivity contribution in [1.29, 1.82) is 0 Å². The molecule has 3 nitrogen and oxygen atoms in total. The van der Waals surface area contributed by atoms with E-state index in [0.717, 1.165) is 16.9 Å². The first-order valence-electron chi connectivity index (χ1n) is 4.16. The first-order valence-corrected chi connectivity index (χ1v) is 5.15. The van der Waals surface area contributed by atoms with Crippen LogP contribution in [0.2, 0.25) is 0 Å². The number of hydrogen-bond acceptors (Lipinski definition) is 3. The van der Waals surface area contributed by atoms with Crippen LogP contribution in [0.3, 0.4) is 0 Å². The summed E-state index contributed by atoms with van der Waals surface area (Å²) in [7, 11) is 0. The molecule has 0 radical (unpaired) electrons. The lowest BCUT2D eigenvalue weighted by atomic mass is 10.3. The Hall–Kier alpha value is -1.29. The summed E-state index contributed by atoms with van der Waals surface area (Å²) in [5, 5.41) is 2.67. The van der Waals surface area contributed by atoms with E-state index in [1.165, 1.54) is 18.7 Å². The minimum atomic E-state index is -0.0849. The summed E-state index contributed by atoms with van der Waals surface area (Å²) >= 11 is 1.47. The molecule has 0 aliphatic heterocycles. The zero-order valence-electron chi connectivity index (χ0n) is 7.82. The summed E-state index contributed by atoms with van der Waals surface area (Å²) in [4.78, 5) is 21.8. The fourth-order valence-electron chi connectivity index (χ4n) is 0.968. The van der Waals surface area contributed by atoms with Crippen LogP contribution in [0.5, 0.6) is 0 Å². The Labute approximate surface area is 86.9 Å². The summed E-state index contributed by atoms with van der Waals surface area (Å²) in [6.07, 6.45) is 0.867. The lowest BCUT2D eigenvalue weighted by molar-refractivity contribution is -0.114. The van der Waals surface area contributed by atoms with E-state index in [-0.39, 0.29) is 5.91 Å². The van der Waals surface area contributed by atoms with Crippen molar-refractivity contribution < 1.29 is 9.59 Å². The maximum Gasteiger partial charge on any atom is 0.221 e. The maximum atomic E-state index is 10.7. The van der Waals surface area contributed by atoms with Crippen molar-refractivity contribution in [2.75, 3.05) is 11.1 Å². The average Bonchev–Trinajstić information content (AvgIpc) is 2.16. The highest BCUT2D eigenvalue weighted by molar-refractivity contribution is 7.99. The van der Waals surface area contributed by atoms with Gasteiger partial charge in [-0.15, -0.1) is 11.8 Å². The highest BCUT2D eigenvalue weighted by Crippen LogP contribution is 2.19. The summed E-state index contributed by atoms with van der Waals surface area (Å²) in [5.41, 5.74) is 0.771. The molecule has 1 aromatic rings. The van der Waals surface area contributed by atoms with Gasteiger partial charge < -0.3 is 10.1 Å². The van der Waals surface area contributed by atoms with E-state index in [0.29, 0.717) is 5.75 Å². The van der Waals surface area contributed by atoms with Crippen molar-refractivity contribution in [2.45, 2.75) is 11.8 Å². The molecule has 4 heteroatoms. The number of carbonyl (C=O) groups excluding carboxylic acids is 2.